The van der Waals surface area contributed by atoms with Crippen LogP contribution in [0.3, 0.4) is 0 Å². The van der Waals surface area contributed by atoms with Gasteiger partial charge in [-0.2, -0.15) is 5.10 Å². The van der Waals surface area contributed by atoms with Crippen molar-refractivity contribution in [2.45, 2.75) is 47.1 Å². The van der Waals surface area contributed by atoms with Crippen molar-refractivity contribution in [2.75, 3.05) is 6.54 Å². The largest absolute Gasteiger partial charge is 0.393 e. The normalized spacial score (nSPS) is 12.9. The second kappa shape index (κ2) is 7.18. The maximum Gasteiger partial charge on any atom is 0.271 e. The first-order valence-corrected chi connectivity index (χ1v) is 8.28. The zero-order valence-corrected chi connectivity index (χ0v) is 15.1. The molecule has 1 aromatic heterocycles. The van der Waals surface area contributed by atoms with Crippen LogP contribution in [-0.2, 0) is 0 Å². The van der Waals surface area contributed by atoms with Crippen LogP contribution in [0.15, 0.2) is 30.3 Å². The molecule has 24 heavy (non-hydrogen) atoms. The Morgan fingerprint density at radius 3 is 2.50 bits per heavy atom. The molecule has 0 bridgehead atoms. The highest BCUT2D eigenvalue weighted by Gasteiger charge is 2.22. The van der Waals surface area contributed by atoms with Gasteiger partial charge in [0, 0.05) is 12.2 Å². The van der Waals surface area contributed by atoms with Gasteiger partial charge in [-0.1, -0.05) is 31.5 Å². The summed E-state index contributed by atoms with van der Waals surface area (Å²) in [7, 11) is 0. The molecule has 0 saturated heterocycles. The van der Waals surface area contributed by atoms with E-state index in [9.17, 15) is 9.90 Å². The van der Waals surface area contributed by atoms with Crippen LogP contribution < -0.4 is 5.32 Å². The minimum absolute atomic E-state index is 0.168. The van der Waals surface area contributed by atoms with Crippen molar-refractivity contribution in [1.82, 2.24) is 15.1 Å². The SMILES string of the molecule is Cc1ccc(-n2nc(C(=O)NCC(C)(C)CC(C)O)cc2C)cc1. The number of hydrogen-bond donors (Lipinski definition) is 2. The molecule has 5 heteroatoms. The molecule has 0 aliphatic carbocycles. The van der Waals surface area contributed by atoms with Gasteiger partial charge in [0.15, 0.2) is 5.69 Å². The zero-order valence-electron chi connectivity index (χ0n) is 15.1. The molecule has 1 atom stereocenters. The number of amides is 1. The van der Waals surface area contributed by atoms with Gasteiger partial charge in [0.2, 0.25) is 0 Å². The number of aliphatic hydroxyl groups is 1. The summed E-state index contributed by atoms with van der Waals surface area (Å²) in [6.45, 7) is 10.3. The van der Waals surface area contributed by atoms with Gasteiger partial charge in [0.1, 0.15) is 0 Å². The van der Waals surface area contributed by atoms with Crippen molar-refractivity contribution in [1.29, 1.82) is 0 Å². The van der Waals surface area contributed by atoms with E-state index in [4.69, 9.17) is 0 Å². The number of aromatic nitrogens is 2. The van der Waals surface area contributed by atoms with Crippen LogP contribution in [-0.4, -0.2) is 33.4 Å². The van der Waals surface area contributed by atoms with E-state index in [-0.39, 0.29) is 17.4 Å². The van der Waals surface area contributed by atoms with E-state index in [2.05, 4.69) is 10.4 Å². The van der Waals surface area contributed by atoms with Crippen molar-refractivity contribution in [3.8, 4) is 5.69 Å². The fraction of sp³-hybridized carbons (Fsp3) is 0.474. The van der Waals surface area contributed by atoms with Gasteiger partial charge in [0.25, 0.3) is 5.91 Å². The highest BCUT2D eigenvalue weighted by atomic mass is 16.3. The summed E-state index contributed by atoms with van der Waals surface area (Å²) in [4.78, 5) is 12.4. The zero-order chi connectivity index (χ0) is 17.9. The van der Waals surface area contributed by atoms with E-state index in [0.29, 0.717) is 18.7 Å². The van der Waals surface area contributed by atoms with Gasteiger partial charge in [0.05, 0.1) is 11.8 Å². The Bertz CT molecular complexity index is 700. The standard InChI is InChI=1S/C19H27N3O2/c1-13-6-8-16(9-7-13)22-14(2)10-17(21-22)18(24)20-12-19(4,5)11-15(3)23/h6-10,15,23H,11-12H2,1-5H3,(H,20,24). The number of carbonyl (C=O) groups excluding carboxylic acids is 1. The van der Waals surface area contributed by atoms with E-state index in [1.165, 1.54) is 5.56 Å². The third-order valence-electron chi connectivity index (χ3n) is 3.97. The summed E-state index contributed by atoms with van der Waals surface area (Å²) in [6.07, 6.45) is 0.240. The quantitative estimate of drug-likeness (QED) is 0.856. The Morgan fingerprint density at radius 1 is 1.29 bits per heavy atom. The summed E-state index contributed by atoms with van der Waals surface area (Å²) in [5, 5.41) is 16.9. The molecule has 0 aliphatic heterocycles. The number of rotatable bonds is 6. The second-order valence-corrected chi connectivity index (χ2v) is 7.32. The molecule has 0 aliphatic rings. The van der Waals surface area contributed by atoms with Crippen LogP contribution >= 0.6 is 0 Å². The van der Waals surface area contributed by atoms with Gasteiger partial charge in [-0.25, -0.2) is 4.68 Å². The number of aliphatic hydroxyl groups excluding tert-OH is 1. The molecule has 2 aromatic rings. The number of aryl methyl sites for hydroxylation is 2. The van der Waals surface area contributed by atoms with E-state index in [1.54, 1.807) is 17.7 Å². The molecule has 2 N–H and O–H groups in total. The highest BCUT2D eigenvalue weighted by molar-refractivity contribution is 5.92. The lowest BCUT2D eigenvalue weighted by molar-refractivity contribution is 0.0897. The number of benzene rings is 1. The maximum atomic E-state index is 12.4. The van der Waals surface area contributed by atoms with E-state index >= 15 is 0 Å². The smallest absolute Gasteiger partial charge is 0.271 e. The Hall–Kier alpha value is -2.14. The number of nitrogens with one attached hydrogen (secondary N) is 1. The van der Waals surface area contributed by atoms with Gasteiger partial charge < -0.3 is 10.4 Å². The predicted molar refractivity (Wildman–Crippen MR) is 95.5 cm³/mol. The van der Waals surface area contributed by atoms with Crippen molar-refractivity contribution < 1.29 is 9.90 Å². The molecule has 0 fully saturated rings. The molecule has 2 rings (SSSR count). The Balaban J connectivity index is 2.09. The molecule has 0 saturated carbocycles. The van der Waals surface area contributed by atoms with Crippen LogP contribution in [0.25, 0.3) is 5.69 Å². The lowest BCUT2D eigenvalue weighted by Gasteiger charge is -2.26. The molecule has 0 radical (unpaired) electrons. The van der Waals surface area contributed by atoms with Crippen LogP contribution in [0.2, 0.25) is 0 Å². The molecule has 1 heterocycles. The third-order valence-corrected chi connectivity index (χ3v) is 3.97. The molecule has 1 unspecified atom stereocenters. The van der Waals surface area contributed by atoms with Gasteiger partial charge >= 0.3 is 0 Å². The molecule has 1 aromatic carbocycles. The fourth-order valence-electron chi connectivity index (χ4n) is 2.81. The summed E-state index contributed by atoms with van der Waals surface area (Å²) in [5.74, 6) is -0.192. The van der Waals surface area contributed by atoms with E-state index in [1.807, 2.05) is 52.0 Å². The maximum absolute atomic E-state index is 12.4. The topological polar surface area (TPSA) is 67.2 Å². The Kier molecular flexibility index (Phi) is 5.44. The highest BCUT2D eigenvalue weighted by Crippen LogP contribution is 2.21. The average molecular weight is 329 g/mol. The first kappa shape index (κ1) is 18.2. The van der Waals surface area contributed by atoms with Crippen LogP contribution in [0.5, 0.6) is 0 Å². The van der Waals surface area contributed by atoms with Crippen molar-refractivity contribution in [3.63, 3.8) is 0 Å². The average Bonchev–Trinajstić information content (AvgIpc) is 2.86. The fourth-order valence-corrected chi connectivity index (χ4v) is 2.81. The van der Waals surface area contributed by atoms with E-state index in [0.717, 1.165) is 11.4 Å². The van der Waals surface area contributed by atoms with Crippen molar-refractivity contribution in [3.05, 3.63) is 47.3 Å². The van der Waals surface area contributed by atoms with E-state index < -0.39 is 0 Å². The van der Waals surface area contributed by atoms with Gasteiger partial charge in [-0.3, -0.25) is 4.79 Å². The third kappa shape index (κ3) is 4.68. The first-order valence-electron chi connectivity index (χ1n) is 8.28. The van der Waals surface area contributed by atoms with Gasteiger partial charge in [-0.15, -0.1) is 0 Å². The summed E-state index contributed by atoms with van der Waals surface area (Å²) in [6, 6.07) is 9.81. The molecular weight excluding hydrogens is 302 g/mol. The Morgan fingerprint density at radius 2 is 1.92 bits per heavy atom. The lowest BCUT2D eigenvalue weighted by Crippen LogP contribution is -2.35. The van der Waals surface area contributed by atoms with Gasteiger partial charge in [-0.05, 0) is 50.8 Å². The molecular formula is C19H27N3O2. The summed E-state index contributed by atoms with van der Waals surface area (Å²) < 4.78 is 1.77. The number of nitrogens with zero attached hydrogens (tertiary/aromatic N) is 2. The van der Waals surface area contributed by atoms with Crippen molar-refractivity contribution >= 4 is 5.91 Å². The number of carbonyl (C=O) groups is 1. The van der Waals surface area contributed by atoms with Crippen LogP contribution in [0.4, 0.5) is 0 Å². The lowest BCUT2D eigenvalue weighted by atomic mass is 9.87. The summed E-state index contributed by atoms with van der Waals surface area (Å²) >= 11 is 0. The molecule has 5 nitrogen and oxygen atoms in total. The molecule has 1 amide bonds. The minimum atomic E-state index is -0.389. The predicted octanol–water partition coefficient (Wildman–Crippen LogP) is 3.02. The van der Waals surface area contributed by atoms with Crippen LogP contribution in [0, 0.1) is 19.3 Å². The second-order valence-electron chi connectivity index (χ2n) is 7.32. The minimum Gasteiger partial charge on any atom is -0.393 e. The van der Waals surface area contributed by atoms with Crippen LogP contribution in [0.1, 0.15) is 48.9 Å². The first-order chi connectivity index (χ1) is 11.2. The molecule has 130 valence electrons. The molecule has 0 spiro atoms. The monoisotopic (exact) mass is 329 g/mol. The number of hydrogen-bond acceptors (Lipinski definition) is 3. The summed E-state index contributed by atoms with van der Waals surface area (Å²) in [5.41, 5.74) is 3.26. The Labute approximate surface area is 143 Å². The van der Waals surface area contributed by atoms with Crippen molar-refractivity contribution in [2.24, 2.45) is 5.41 Å².